The molecule has 4 rings (SSSR count). The van der Waals surface area contributed by atoms with E-state index in [9.17, 15) is 14.9 Å². The Hall–Kier alpha value is -3.97. The molecule has 1 saturated heterocycles. The number of carbonyl (C=O) groups excluding carboxylic acids is 1. The Kier molecular flexibility index (Phi) is 7.12. The van der Waals surface area contributed by atoms with E-state index in [0.717, 1.165) is 38.4 Å². The van der Waals surface area contributed by atoms with Crippen LogP contribution in [0.5, 0.6) is 0 Å². The molecule has 33 heavy (non-hydrogen) atoms. The highest BCUT2D eigenvalue weighted by Gasteiger charge is 2.17. The van der Waals surface area contributed by atoms with Crippen LogP contribution in [0, 0.1) is 10.1 Å². The number of nitro groups is 1. The zero-order chi connectivity index (χ0) is 23.0. The van der Waals surface area contributed by atoms with Gasteiger partial charge in [0.15, 0.2) is 0 Å². The summed E-state index contributed by atoms with van der Waals surface area (Å²) in [5, 5.41) is 13.9. The number of nitrogens with zero attached hydrogens (tertiary/aromatic N) is 3. The van der Waals surface area contributed by atoms with Gasteiger partial charge in [0.25, 0.3) is 5.69 Å². The van der Waals surface area contributed by atoms with E-state index in [1.807, 2.05) is 30.3 Å². The van der Waals surface area contributed by atoms with Gasteiger partial charge < -0.3 is 10.2 Å². The van der Waals surface area contributed by atoms with Crippen molar-refractivity contribution in [2.24, 2.45) is 0 Å². The topological polar surface area (TPSA) is 78.7 Å². The fourth-order valence-electron chi connectivity index (χ4n) is 3.91. The van der Waals surface area contributed by atoms with Crippen LogP contribution in [-0.4, -0.2) is 41.9 Å². The molecule has 7 heteroatoms. The lowest BCUT2D eigenvalue weighted by Crippen LogP contribution is -2.45. The largest absolute Gasteiger partial charge is 0.369 e. The first-order valence-corrected chi connectivity index (χ1v) is 10.9. The van der Waals surface area contributed by atoms with Crippen LogP contribution in [0.15, 0.2) is 84.9 Å². The van der Waals surface area contributed by atoms with Gasteiger partial charge in [-0.05, 0) is 42.0 Å². The van der Waals surface area contributed by atoms with Crippen molar-refractivity contribution >= 4 is 29.0 Å². The van der Waals surface area contributed by atoms with E-state index >= 15 is 0 Å². The van der Waals surface area contributed by atoms with Crippen LogP contribution >= 0.6 is 0 Å². The van der Waals surface area contributed by atoms with Crippen LogP contribution < -0.4 is 10.2 Å². The Bertz CT molecular complexity index is 1120. The normalized spacial score (nSPS) is 14.4. The highest BCUT2D eigenvalue weighted by atomic mass is 16.6. The first-order chi connectivity index (χ1) is 16.1. The molecule has 1 N–H and O–H groups in total. The Balaban J connectivity index is 1.29. The summed E-state index contributed by atoms with van der Waals surface area (Å²) in [6, 6.07) is 24.6. The molecule has 1 heterocycles. The van der Waals surface area contributed by atoms with E-state index in [4.69, 9.17) is 0 Å². The van der Waals surface area contributed by atoms with Gasteiger partial charge in [-0.1, -0.05) is 42.5 Å². The monoisotopic (exact) mass is 442 g/mol. The highest BCUT2D eigenvalue weighted by Crippen LogP contribution is 2.21. The minimum atomic E-state index is -0.461. The van der Waals surface area contributed by atoms with Gasteiger partial charge in [-0.15, -0.1) is 0 Å². The summed E-state index contributed by atoms with van der Waals surface area (Å²) in [7, 11) is 0. The molecule has 1 aliphatic rings. The minimum absolute atomic E-state index is 0.0326. The first kappa shape index (κ1) is 22.2. The van der Waals surface area contributed by atoms with Crippen molar-refractivity contribution < 1.29 is 9.72 Å². The molecule has 0 atom stereocenters. The maximum atomic E-state index is 12.3. The fourth-order valence-corrected chi connectivity index (χ4v) is 3.91. The standard InChI is InChI=1S/C26H26N4O3/c31-26(15-10-22-8-4-5-9-25(22)30(32)33)27-23-11-13-24(14-12-23)29-18-16-28(17-19-29)20-21-6-2-1-3-7-21/h1-15H,16-20H2,(H,27,31)/b15-10+. The molecule has 0 aliphatic carbocycles. The van der Waals surface area contributed by atoms with Crippen molar-refractivity contribution in [3.63, 3.8) is 0 Å². The number of para-hydroxylation sites is 1. The number of amides is 1. The van der Waals surface area contributed by atoms with Crippen molar-refractivity contribution in [3.05, 3.63) is 106 Å². The Morgan fingerprint density at radius 3 is 2.27 bits per heavy atom. The van der Waals surface area contributed by atoms with Crippen LogP contribution in [0.2, 0.25) is 0 Å². The van der Waals surface area contributed by atoms with Crippen LogP contribution in [0.1, 0.15) is 11.1 Å². The van der Waals surface area contributed by atoms with Crippen molar-refractivity contribution in [3.8, 4) is 0 Å². The molecule has 3 aromatic carbocycles. The summed E-state index contributed by atoms with van der Waals surface area (Å²) in [4.78, 5) is 27.7. The third kappa shape index (κ3) is 6.05. The molecule has 3 aromatic rings. The first-order valence-electron chi connectivity index (χ1n) is 10.9. The minimum Gasteiger partial charge on any atom is -0.369 e. The van der Waals surface area contributed by atoms with Crippen LogP contribution in [0.4, 0.5) is 17.1 Å². The summed E-state index contributed by atoms with van der Waals surface area (Å²) < 4.78 is 0. The van der Waals surface area contributed by atoms with E-state index in [1.54, 1.807) is 18.2 Å². The summed E-state index contributed by atoms with van der Waals surface area (Å²) in [5.74, 6) is -0.338. The average molecular weight is 443 g/mol. The maximum Gasteiger partial charge on any atom is 0.276 e. The number of nitrogens with one attached hydrogen (secondary N) is 1. The fraction of sp³-hybridized carbons (Fsp3) is 0.192. The van der Waals surface area contributed by atoms with E-state index in [2.05, 4.69) is 39.4 Å². The molecule has 0 spiro atoms. The van der Waals surface area contributed by atoms with Gasteiger partial charge >= 0.3 is 0 Å². The third-order valence-corrected chi connectivity index (χ3v) is 5.67. The second kappa shape index (κ2) is 10.6. The maximum absolute atomic E-state index is 12.3. The SMILES string of the molecule is O=C(/C=C/c1ccccc1[N+](=O)[O-])Nc1ccc(N2CCN(Cc3ccccc3)CC2)cc1. The van der Waals surface area contributed by atoms with E-state index < -0.39 is 4.92 Å². The van der Waals surface area contributed by atoms with Gasteiger partial charge in [0, 0.05) is 56.2 Å². The molecule has 168 valence electrons. The molecule has 1 amide bonds. The van der Waals surface area contributed by atoms with Gasteiger partial charge in [0.1, 0.15) is 0 Å². The quantitative estimate of drug-likeness (QED) is 0.329. The molecular weight excluding hydrogens is 416 g/mol. The lowest BCUT2D eigenvalue weighted by molar-refractivity contribution is -0.385. The summed E-state index contributed by atoms with van der Waals surface area (Å²) in [6.07, 6.45) is 2.76. The molecule has 0 saturated carbocycles. The summed E-state index contributed by atoms with van der Waals surface area (Å²) >= 11 is 0. The van der Waals surface area contributed by atoms with Crippen LogP contribution in [0.25, 0.3) is 6.08 Å². The number of hydrogen-bond acceptors (Lipinski definition) is 5. The van der Waals surface area contributed by atoms with Gasteiger partial charge in [-0.3, -0.25) is 19.8 Å². The van der Waals surface area contributed by atoms with E-state index in [1.165, 1.54) is 23.8 Å². The molecule has 0 aromatic heterocycles. The lowest BCUT2D eigenvalue weighted by Gasteiger charge is -2.36. The Morgan fingerprint density at radius 1 is 0.909 bits per heavy atom. The second-order valence-corrected chi connectivity index (χ2v) is 7.93. The number of piperazine rings is 1. The molecule has 1 fully saturated rings. The van der Waals surface area contributed by atoms with Crippen molar-refractivity contribution in [2.75, 3.05) is 36.4 Å². The van der Waals surface area contributed by atoms with E-state index in [0.29, 0.717) is 11.3 Å². The Labute approximate surface area is 193 Å². The molecular formula is C26H26N4O3. The molecule has 0 unspecified atom stereocenters. The van der Waals surface area contributed by atoms with E-state index in [-0.39, 0.29) is 11.6 Å². The zero-order valence-electron chi connectivity index (χ0n) is 18.3. The van der Waals surface area contributed by atoms with Crippen LogP contribution in [0.3, 0.4) is 0 Å². The molecule has 0 bridgehead atoms. The molecule has 0 radical (unpaired) electrons. The van der Waals surface area contributed by atoms with Gasteiger partial charge in [-0.25, -0.2) is 0 Å². The number of carbonyl (C=O) groups is 1. The van der Waals surface area contributed by atoms with Gasteiger partial charge in [0.2, 0.25) is 5.91 Å². The number of hydrogen-bond donors (Lipinski definition) is 1. The molecule has 7 nitrogen and oxygen atoms in total. The van der Waals surface area contributed by atoms with Crippen molar-refractivity contribution in [1.29, 1.82) is 0 Å². The van der Waals surface area contributed by atoms with Gasteiger partial charge in [-0.2, -0.15) is 0 Å². The average Bonchev–Trinajstić information content (AvgIpc) is 2.84. The lowest BCUT2D eigenvalue weighted by atomic mass is 10.1. The Morgan fingerprint density at radius 2 is 1.58 bits per heavy atom. The number of rotatable bonds is 7. The number of anilines is 2. The predicted octanol–water partition coefficient (Wildman–Crippen LogP) is 4.57. The predicted molar refractivity (Wildman–Crippen MR) is 131 cm³/mol. The number of benzene rings is 3. The third-order valence-electron chi connectivity index (χ3n) is 5.67. The smallest absolute Gasteiger partial charge is 0.276 e. The second-order valence-electron chi connectivity index (χ2n) is 7.93. The van der Waals surface area contributed by atoms with Crippen molar-refractivity contribution in [1.82, 2.24) is 4.90 Å². The number of nitro benzene ring substituents is 1. The summed E-state index contributed by atoms with van der Waals surface area (Å²) in [5.41, 5.74) is 3.50. The zero-order valence-corrected chi connectivity index (χ0v) is 18.3. The highest BCUT2D eigenvalue weighted by molar-refractivity contribution is 6.02. The van der Waals surface area contributed by atoms with Crippen LogP contribution in [-0.2, 0) is 11.3 Å². The molecule has 1 aliphatic heterocycles. The van der Waals surface area contributed by atoms with Crippen molar-refractivity contribution in [2.45, 2.75) is 6.54 Å². The summed E-state index contributed by atoms with van der Waals surface area (Å²) in [6.45, 7) is 4.89. The van der Waals surface area contributed by atoms with Gasteiger partial charge in [0.05, 0.1) is 10.5 Å².